The number of hydrogen-bond donors (Lipinski definition) is 1. The molecule has 4 nitrogen and oxygen atoms in total. The van der Waals surface area contributed by atoms with Crippen LogP contribution in [0.15, 0.2) is 23.2 Å². The molecule has 0 spiro atoms. The normalized spacial score (nSPS) is 12.1. The molecule has 0 atom stereocenters. The average Bonchev–Trinajstić information content (AvgIpc) is 2.74. The quantitative estimate of drug-likeness (QED) is 0.887. The lowest BCUT2D eigenvalue weighted by Crippen LogP contribution is -2.04. The van der Waals surface area contributed by atoms with E-state index in [-0.39, 0.29) is 11.3 Å². The van der Waals surface area contributed by atoms with Gasteiger partial charge in [0.15, 0.2) is 15.7 Å². The zero-order chi connectivity index (χ0) is 15.1. The Bertz CT molecular complexity index is 733. The Labute approximate surface area is 111 Å². The van der Waals surface area contributed by atoms with Gasteiger partial charge in [-0.15, -0.1) is 0 Å². The first kappa shape index (κ1) is 14.5. The average molecular weight is 308 g/mol. The Morgan fingerprint density at radius 3 is 2.15 bits per heavy atom. The zero-order valence-electron chi connectivity index (χ0n) is 9.99. The van der Waals surface area contributed by atoms with Crippen LogP contribution in [-0.2, 0) is 9.84 Å². The summed E-state index contributed by atoms with van der Waals surface area (Å²) < 4.78 is 74.5. The van der Waals surface area contributed by atoms with E-state index in [0.717, 1.165) is 18.3 Å². The molecule has 0 aliphatic carbocycles. The lowest BCUT2D eigenvalue weighted by Gasteiger charge is -2.05. The maximum atomic E-state index is 13.7. The summed E-state index contributed by atoms with van der Waals surface area (Å²) in [6.07, 6.45) is -1.21. The fourth-order valence-corrected chi connectivity index (χ4v) is 2.49. The Hall–Kier alpha value is -1.90. The van der Waals surface area contributed by atoms with Crippen LogP contribution in [0, 0.1) is 11.6 Å². The summed E-state index contributed by atoms with van der Waals surface area (Å²) in [5.41, 5.74) is -0.162. The molecule has 2 aromatic rings. The van der Waals surface area contributed by atoms with E-state index < -0.39 is 38.6 Å². The van der Waals surface area contributed by atoms with Gasteiger partial charge in [-0.1, -0.05) is 0 Å². The lowest BCUT2D eigenvalue weighted by molar-refractivity contribution is 0.141. The topological polar surface area (TPSA) is 62.8 Å². The molecule has 1 aromatic carbocycles. The molecule has 108 valence electrons. The van der Waals surface area contributed by atoms with Crippen molar-refractivity contribution < 1.29 is 26.0 Å². The zero-order valence-corrected chi connectivity index (χ0v) is 10.8. The van der Waals surface area contributed by atoms with E-state index in [2.05, 4.69) is 9.97 Å². The molecule has 1 heterocycles. The first-order chi connectivity index (χ1) is 9.20. The minimum atomic E-state index is -4.07. The standard InChI is InChI=1S/C11H8F4N2O2S/c1-20(18,19)9-6(12)2-5(3-7(9)13)8-4-16-11(17-8)10(14)15/h2-4,10H,1H3,(H,16,17). The highest BCUT2D eigenvalue weighted by atomic mass is 32.2. The number of H-pyrrole nitrogens is 1. The van der Waals surface area contributed by atoms with Crippen LogP contribution in [0.3, 0.4) is 0 Å². The second-order valence-corrected chi connectivity index (χ2v) is 5.98. The molecule has 9 heteroatoms. The van der Waals surface area contributed by atoms with Crippen LogP contribution in [0.2, 0.25) is 0 Å². The molecule has 0 saturated heterocycles. The second-order valence-electron chi connectivity index (χ2n) is 4.02. The number of nitrogens with zero attached hydrogens (tertiary/aromatic N) is 1. The smallest absolute Gasteiger partial charge is 0.295 e. The van der Waals surface area contributed by atoms with Crippen LogP contribution in [0.4, 0.5) is 17.6 Å². The monoisotopic (exact) mass is 308 g/mol. The number of imidazole rings is 1. The number of benzene rings is 1. The number of rotatable bonds is 3. The third kappa shape index (κ3) is 2.67. The molecule has 1 aromatic heterocycles. The molecule has 0 fully saturated rings. The van der Waals surface area contributed by atoms with Crippen molar-refractivity contribution in [2.45, 2.75) is 11.3 Å². The van der Waals surface area contributed by atoms with Gasteiger partial charge in [-0.05, 0) is 12.1 Å². The molecule has 1 N–H and O–H groups in total. The van der Waals surface area contributed by atoms with E-state index in [1.165, 1.54) is 0 Å². The van der Waals surface area contributed by atoms with Crippen LogP contribution in [0.25, 0.3) is 11.3 Å². The van der Waals surface area contributed by atoms with Gasteiger partial charge < -0.3 is 4.98 Å². The highest BCUT2D eigenvalue weighted by Crippen LogP contribution is 2.27. The van der Waals surface area contributed by atoms with Crippen molar-refractivity contribution in [2.24, 2.45) is 0 Å². The van der Waals surface area contributed by atoms with Gasteiger partial charge in [-0.25, -0.2) is 31.0 Å². The summed E-state index contributed by atoms with van der Waals surface area (Å²) in [6.45, 7) is 0. The van der Waals surface area contributed by atoms with Crippen LogP contribution in [0.1, 0.15) is 12.2 Å². The maximum Gasteiger partial charge on any atom is 0.295 e. The van der Waals surface area contributed by atoms with Gasteiger partial charge in [0, 0.05) is 11.8 Å². The van der Waals surface area contributed by atoms with Crippen molar-refractivity contribution in [3.63, 3.8) is 0 Å². The molecule has 0 radical (unpaired) electrons. The summed E-state index contributed by atoms with van der Waals surface area (Å²) in [5.74, 6) is -3.24. The Balaban J connectivity index is 2.55. The van der Waals surface area contributed by atoms with Crippen molar-refractivity contribution in [3.05, 3.63) is 35.8 Å². The van der Waals surface area contributed by atoms with Gasteiger partial charge in [0.2, 0.25) is 0 Å². The van der Waals surface area contributed by atoms with E-state index in [0.29, 0.717) is 6.26 Å². The fourth-order valence-electron chi connectivity index (χ4n) is 1.66. The lowest BCUT2D eigenvalue weighted by atomic mass is 10.1. The summed E-state index contributed by atoms with van der Waals surface area (Å²) in [7, 11) is -4.07. The predicted molar refractivity (Wildman–Crippen MR) is 62.0 cm³/mol. The molecule has 0 aliphatic rings. The molecule has 2 rings (SSSR count). The Morgan fingerprint density at radius 2 is 1.75 bits per heavy atom. The highest BCUT2D eigenvalue weighted by molar-refractivity contribution is 7.90. The first-order valence-corrected chi connectivity index (χ1v) is 7.12. The van der Waals surface area contributed by atoms with Gasteiger partial charge >= 0.3 is 0 Å². The summed E-state index contributed by atoms with van der Waals surface area (Å²) >= 11 is 0. The van der Waals surface area contributed by atoms with Crippen molar-refractivity contribution in [2.75, 3.05) is 6.26 Å². The van der Waals surface area contributed by atoms with E-state index in [1.54, 1.807) is 0 Å². The fraction of sp³-hybridized carbons (Fsp3) is 0.182. The van der Waals surface area contributed by atoms with Crippen LogP contribution >= 0.6 is 0 Å². The van der Waals surface area contributed by atoms with Crippen molar-refractivity contribution in [1.82, 2.24) is 9.97 Å². The maximum absolute atomic E-state index is 13.7. The van der Waals surface area contributed by atoms with E-state index >= 15 is 0 Å². The predicted octanol–water partition coefficient (Wildman–Crippen LogP) is 2.70. The molecule has 0 bridgehead atoms. The molecular weight excluding hydrogens is 300 g/mol. The summed E-state index contributed by atoms with van der Waals surface area (Å²) in [5, 5.41) is 0. The number of sulfone groups is 1. The van der Waals surface area contributed by atoms with Crippen molar-refractivity contribution in [1.29, 1.82) is 0 Å². The van der Waals surface area contributed by atoms with Crippen LogP contribution in [0.5, 0.6) is 0 Å². The molecule has 0 amide bonds. The number of aromatic nitrogens is 2. The van der Waals surface area contributed by atoms with Crippen molar-refractivity contribution in [3.8, 4) is 11.3 Å². The summed E-state index contributed by atoms with van der Waals surface area (Å²) in [6, 6.07) is 1.48. The van der Waals surface area contributed by atoms with E-state index in [1.807, 2.05) is 0 Å². The Kier molecular flexibility index (Phi) is 3.55. The van der Waals surface area contributed by atoms with Gasteiger partial charge in [-0.3, -0.25) is 0 Å². The third-order valence-electron chi connectivity index (χ3n) is 2.48. The molecular formula is C11H8F4N2O2S. The van der Waals surface area contributed by atoms with E-state index in [4.69, 9.17) is 0 Å². The van der Waals surface area contributed by atoms with Crippen LogP contribution < -0.4 is 0 Å². The van der Waals surface area contributed by atoms with Gasteiger partial charge in [0.05, 0.1) is 11.9 Å². The Morgan fingerprint density at radius 1 is 1.20 bits per heavy atom. The number of aromatic amines is 1. The molecule has 0 saturated carbocycles. The number of alkyl halides is 2. The summed E-state index contributed by atoms with van der Waals surface area (Å²) in [4.78, 5) is 4.49. The SMILES string of the molecule is CS(=O)(=O)c1c(F)cc(-c2cnc(C(F)F)[nH]2)cc1F. The van der Waals surface area contributed by atoms with Gasteiger partial charge in [0.1, 0.15) is 16.5 Å². The minimum Gasteiger partial charge on any atom is -0.337 e. The van der Waals surface area contributed by atoms with E-state index in [9.17, 15) is 26.0 Å². The number of halogens is 4. The van der Waals surface area contributed by atoms with Crippen molar-refractivity contribution >= 4 is 9.84 Å². The highest BCUT2D eigenvalue weighted by Gasteiger charge is 2.22. The van der Waals surface area contributed by atoms with Gasteiger partial charge in [0.25, 0.3) is 6.43 Å². The number of hydrogen-bond acceptors (Lipinski definition) is 3. The third-order valence-corrected chi connectivity index (χ3v) is 3.61. The molecule has 0 unspecified atom stereocenters. The second kappa shape index (κ2) is 4.89. The molecule has 20 heavy (non-hydrogen) atoms. The van der Waals surface area contributed by atoms with Gasteiger partial charge in [-0.2, -0.15) is 0 Å². The largest absolute Gasteiger partial charge is 0.337 e. The van der Waals surface area contributed by atoms with Crippen LogP contribution in [-0.4, -0.2) is 24.6 Å². The minimum absolute atomic E-state index is 0.0434. The first-order valence-electron chi connectivity index (χ1n) is 5.22. The number of nitrogens with one attached hydrogen (secondary N) is 1. The molecule has 0 aliphatic heterocycles.